The number of hydrogen-bond acceptors (Lipinski definition) is 5. The smallest absolute Gasteiger partial charge is 0.339 e. The normalized spacial score (nSPS) is 22.4. The Bertz CT molecular complexity index is 706. The molecule has 3 heterocycles. The van der Waals surface area contributed by atoms with Gasteiger partial charge in [0.2, 0.25) is 5.89 Å². The van der Waals surface area contributed by atoms with Crippen molar-refractivity contribution in [1.29, 1.82) is 0 Å². The number of halogens is 3. The third-order valence-corrected chi connectivity index (χ3v) is 4.54. The standard InChI is InChI=1S/C15H18F3N5O/c16-15(17,18)9-23-7-5-19-12(23)8-22-6-1-2-11(22)13-20-14(24-21-13)10-3-4-10/h5,7,10-11H,1-4,6,8-9H2/t11-/m1/s1. The van der Waals surface area contributed by atoms with E-state index in [0.717, 1.165) is 36.8 Å². The minimum Gasteiger partial charge on any atom is -0.339 e. The highest BCUT2D eigenvalue weighted by molar-refractivity contribution is 5.06. The Morgan fingerprint density at radius 3 is 2.83 bits per heavy atom. The van der Waals surface area contributed by atoms with Crippen molar-refractivity contribution < 1.29 is 17.7 Å². The molecule has 130 valence electrons. The summed E-state index contributed by atoms with van der Waals surface area (Å²) in [6, 6.07) is -0.0164. The maximum atomic E-state index is 12.6. The fourth-order valence-electron chi connectivity index (χ4n) is 3.20. The summed E-state index contributed by atoms with van der Waals surface area (Å²) in [6.45, 7) is 0.118. The highest BCUT2D eigenvalue weighted by Gasteiger charge is 2.35. The molecule has 2 aromatic rings. The fraction of sp³-hybridized carbons (Fsp3) is 0.667. The quantitative estimate of drug-likeness (QED) is 0.836. The number of rotatable bonds is 5. The summed E-state index contributed by atoms with van der Waals surface area (Å²) >= 11 is 0. The third kappa shape index (κ3) is 3.31. The summed E-state index contributed by atoms with van der Waals surface area (Å²) in [5.74, 6) is 2.13. The molecular formula is C15H18F3N5O. The van der Waals surface area contributed by atoms with Crippen molar-refractivity contribution in [3.05, 3.63) is 29.9 Å². The van der Waals surface area contributed by atoms with Crippen molar-refractivity contribution >= 4 is 0 Å². The average molecular weight is 341 g/mol. The van der Waals surface area contributed by atoms with Crippen LogP contribution in [0.25, 0.3) is 0 Å². The summed E-state index contributed by atoms with van der Waals surface area (Å²) in [6.07, 6.45) is 2.53. The van der Waals surface area contributed by atoms with E-state index >= 15 is 0 Å². The van der Waals surface area contributed by atoms with Gasteiger partial charge >= 0.3 is 6.18 Å². The highest BCUT2D eigenvalue weighted by Crippen LogP contribution is 2.40. The van der Waals surface area contributed by atoms with Gasteiger partial charge in [0.1, 0.15) is 12.4 Å². The van der Waals surface area contributed by atoms with Crippen molar-refractivity contribution in [1.82, 2.24) is 24.6 Å². The van der Waals surface area contributed by atoms with Crippen LogP contribution in [0.5, 0.6) is 0 Å². The third-order valence-electron chi connectivity index (χ3n) is 4.54. The Hall–Kier alpha value is -1.90. The van der Waals surface area contributed by atoms with E-state index in [2.05, 4.69) is 20.0 Å². The summed E-state index contributed by atoms with van der Waals surface area (Å²) < 4.78 is 44.4. The van der Waals surface area contributed by atoms with Gasteiger partial charge in [0.15, 0.2) is 5.82 Å². The van der Waals surface area contributed by atoms with E-state index in [4.69, 9.17) is 4.52 Å². The predicted octanol–water partition coefficient (Wildman–Crippen LogP) is 3.04. The lowest BCUT2D eigenvalue weighted by atomic mass is 10.2. The van der Waals surface area contributed by atoms with E-state index in [-0.39, 0.29) is 6.04 Å². The van der Waals surface area contributed by atoms with Gasteiger partial charge in [-0.1, -0.05) is 5.16 Å². The van der Waals surface area contributed by atoms with Crippen LogP contribution in [-0.4, -0.2) is 37.3 Å². The van der Waals surface area contributed by atoms with E-state index in [1.807, 2.05) is 0 Å². The number of nitrogens with zero attached hydrogens (tertiary/aromatic N) is 5. The first-order valence-electron chi connectivity index (χ1n) is 8.14. The Morgan fingerprint density at radius 1 is 1.25 bits per heavy atom. The Morgan fingerprint density at radius 2 is 2.08 bits per heavy atom. The lowest BCUT2D eigenvalue weighted by Gasteiger charge is -2.22. The van der Waals surface area contributed by atoms with Crippen molar-refractivity contribution in [3.63, 3.8) is 0 Å². The largest absolute Gasteiger partial charge is 0.406 e. The Labute approximate surface area is 136 Å². The minimum absolute atomic E-state index is 0.0164. The average Bonchev–Trinajstić information content (AvgIpc) is 2.92. The number of alkyl halides is 3. The van der Waals surface area contributed by atoms with E-state index in [1.165, 1.54) is 12.4 Å². The second-order valence-corrected chi connectivity index (χ2v) is 6.48. The molecule has 1 saturated heterocycles. The molecule has 0 aromatic carbocycles. The van der Waals surface area contributed by atoms with Crippen LogP contribution in [0.3, 0.4) is 0 Å². The number of likely N-dealkylation sites (tertiary alicyclic amines) is 1. The molecule has 2 fully saturated rings. The van der Waals surface area contributed by atoms with Crippen LogP contribution in [-0.2, 0) is 13.1 Å². The second-order valence-electron chi connectivity index (χ2n) is 6.48. The van der Waals surface area contributed by atoms with E-state index in [0.29, 0.717) is 30.0 Å². The van der Waals surface area contributed by atoms with Crippen molar-refractivity contribution in [2.45, 2.75) is 56.9 Å². The maximum absolute atomic E-state index is 12.6. The van der Waals surface area contributed by atoms with E-state index in [1.54, 1.807) is 0 Å². The summed E-state index contributed by atoms with van der Waals surface area (Å²) in [5, 5.41) is 4.09. The number of aromatic nitrogens is 4. The molecule has 1 aliphatic heterocycles. The molecule has 0 N–H and O–H groups in total. The van der Waals surface area contributed by atoms with E-state index < -0.39 is 12.7 Å². The van der Waals surface area contributed by atoms with Crippen LogP contribution in [0.1, 0.15) is 55.2 Å². The molecule has 2 aliphatic rings. The zero-order valence-corrected chi connectivity index (χ0v) is 13.0. The molecule has 9 heteroatoms. The lowest BCUT2D eigenvalue weighted by molar-refractivity contribution is -0.141. The summed E-state index contributed by atoms with van der Waals surface area (Å²) in [7, 11) is 0. The van der Waals surface area contributed by atoms with Crippen molar-refractivity contribution in [2.75, 3.05) is 6.54 Å². The van der Waals surface area contributed by atoms with Gasteiger partial charge in [0.25, 0.3) is 0 Å². The maximum Gasteiger partial charge on any atom is 0.406 e. The van der Waals surface area contributed by atoms with Gasteiger partial charge in [0.05, 0.1) is 12.6 Å². The molecule has 0 radical (unpaired) electrons. The topological polar surface area (TPSA) is 60.0 Å². The Kier molecular flexibility index (Phi) is 3.82. The van der Waals surface area contributed by atoms with E-state index in [9.17, 15) is 13.2 Å². The van der Waals surface area contributed by atoms with Crippen LogP contribution < -0.4 is 0 Å². The number of imidazole rings is 1. The second kappa shape index (κ2) is 5.87. The van der Waals surface area contributed by atoms with Gasteiger partial charge in [-0.05, 0) is 32.2 Å². The monoisotopic (exact) mass is 341 g/mol. The van der Waals surface area contributed by atoms with Crippen LogP contribution in [0, 0.1) is 0 Å². The Balaban J connectivity index is 1.48. The minimum atomic E-state index is -4.26. The summed E-state index contributed by atoms with van der Waals surface area (Å²) in [5.41, 5.74) is 0. The van der Waals surface area contributed by atoms with Crippen LogP contribution in [0.15, 0.2) is 16.9 Å². The molecule has 2 aromatic heterocycles. The molecule has 1 saturated carbocycles. The van der Waals surface area contributed by atoms with Crippen LogP contribution >= 0.6 is 0 Å². The molecule has 0 spiro atoms. The highest BCUT2D eigenvalue weighted by atomic mass is 19.4. The molecule has 0 amide bonds. The molecular weight excluding hydrogens is 323 g/mol. The van der Waals surface area contributed by atoms with Crippen LogP contribution in [0.2, 0.25) is 0 Å². The lowest BCUT2D eigenvalue weighted by Crippen LogP contribution is -2.27. The molecule has 0 unspecified atom stereocenters. The molecule has 6 nitrogen and oxygen atoms in total. The first-order chi connectivity index (χ1) is 11.5. The summed E-state index contributed by atoms with van der Waals surface area (Å²) in [4.78, 5) is 10.7. The molecule has 4 rings (SSSR count). The SMILES string of the molecule is FC(F)(F)Cn1ccnc1CN1CCC[C@@H]1c1noc(C2CC2)n1. The van der Waals surface area contributed by atoms with Gasteiger partial charge < -0.3 is 9.09 Å². The van der Waals surface area contributed by atoms with Gasteiger partial charge in [0, 0.05) is 18.3 Å². The molecule has 0 bridgehead atoms. The van der Waals surface area contributed by atoms with Gasteiger partial charge in [-0.25, -0.2) is 4.98 Å². The van der Waals surface area contributed by atoms with Gasteiger partial charge in [-0.3, -0.25) is 4.90 Å². The molecule has 1 atom stereocenters. The van der Waals surface area contributed by atoms with Gasteiger partial charge in [-0.15, -0.1) is 0 Å². The van der Waals surface area contributed by atoms with Crippen LogP contribution in [0.4, 0.5) is 13.2 Å². The molecule has 24 heavy (non-hydrogen) atoms. The first-order valence-corrected chi connectivity index (χ1v) is 8.14. The van der Waals surface area contributed by atoms with Crippen molar-refractivity contribution in [2.24, 2.45) is 0 Å². The molecule has 1 aliphatic carbocycles. The van der Waals surface area contributed by atoms with Crippen molar-refractivity contribution in [3.8, 4) is 0 Å². The zero-order valence-electron chi connectivity index (χ0n) is 13.0. The zero-order chi connectivity index (χ0) is 16.7. The van der Waals surface area contributed by atoms with Gasteiger partial charge in [-0.2, -0.15) is 18.2 Å². The predicted molar refractivity (Wildman–Crippen MR) is 76.9 cm³/mol. The fourth-order valence-corrected chi connectivity index (χ4v) is 3.20. The first kappa shape index (κ1) is 15.6. The number of hydrogen-bond donors (Lipinski definition) is 0.